The smallest absolute Gasteiger partial charge is 0.138 e. The van der Waals surface area contributed by atoms with Crippen LogP contribution in [0.1, 0.15) is 30.3 Å². The molecule has 4 heteroatoms. The monoisotopic (exact) mass is 230 g/mol. The molecule has 0 aliphatic heterocycles. The van der Waals surface area contributed by atoms with Gasteiger partial charge in [0.1, 0.15) is 12.2 Å². The first-order valence-electron chi connectivity index (χ1n) is 5.91. The van der Waals surface area contributed by atoms with Gasteiger partial charge in [-0.1, -0.05) is 30.3 Å². The molecule has 90 valence electrons. The molecule has 1 aromatic carbocycles. The number of nitrogens with two attached hydrogens (primary N) is 1. The first-order valence-corrected chi connectivity index (χ1v) is 5.91. The lowest BCUT2D eigenvalue weighted by molar-refractivity contribution is 0.585. The van der Waals surface area contributed by atoms with E-state index >= 15 is 0 Å². The Hall–Kier alpha value is -1.68. The fourth-order valence-electron chi connectivity index (χ4n) is 1.89. The summed E-state index contributed by atoms with van der Waals surface area (Å²) in [5, 5.41) is 4.05. The van der Waals surface area contributed by atoms with Crippen LogP contribution in [0.15, 0.2) is 36.7 Å². The molecule has 0 saturated heterocycles. The minimum absolute atomic E-state index is 0.115. The normalized spacial score (nSPS) is 12.6. The highest BCUT2D eigenvalue weighted by molar-refractivity contribution is 5.18. The van der Waals surface area contributed by atoms with Crippen molar-refractivity contribution in [3.8, 4) is 0 Å². The van der Waals surface area contributed by atoms with Gasteiger partial charge in [0, 0.05) is 19.5 Å². The zero-order valence-electron chi connectivity index (χ0n) is 10.1. The molecule has 0 aliphatic carbocycles. The van der Waals surface area contributed by atoms with Gasteiger partial charge in [0.25, 0.3) is 0 Å². The first kappa shape index (κ1) is 11.8. The number of nitrogens with zero attached hydrogens (tertiary/aromatic N) is 3. The molecule has 0 aliphatic rings. The zero-order chi connectivity index (χ0) is 12.1. The van der Waals surface area contributed by atoms with Crippen molar-refractivity contribution < 1.29 is 0 Å². The van der Waals surface area contributed by atoms with Crippen LogP contribution in [0.25, 0.3) is 0 Å². The lowest BCUT2D eigenvalue weighted by atomic mass is 10.0. The molecule has 1 unspecified atom stereocenters. The van der Waals surface area contributed by atoms with Crippen molar-refractivity contribution in [1.82, 2.24) is 14.8 Å². The van der Waals surface area contributed by atoms with E-state index in [-0.39, 0.29) is 6.04 Å². The van der Waals surface area contributed by atoms with Crippen molar-refractivity contribution in [3.63, 3.8) is 0 Å². The Bertz CT molecular complexity index is 449. The molecule has 17 heavy (non-hydrogen) atoms. The Morgan fingerprint density at radius 3 is 2.71 bits per heavy atom. The van der Waals surface area contributed by atoms with Crippen molar-refractivity contribution in [2.75, 3.05) is 0 Å². The largest absolute Gasteiger partial charge is 0.324 e. The van der Waals surface area contributed by atoms with Crippen LogP contribution < -0.4 is 5.73 Å². The highest BCUT2D eigenvalue weighted by Gasteiger charge is 2.06. The zero-order valence-corrected chi connectivity index (χ0v) is 10.1. The number of benzene rings is 1. The number of aryl methyl sites for hydroxylation is 2. The van der Waals surface area contributed by atoms with Crippen molar-refractivity contribution in [3.05, 3.63) is 48.0 Å². The molecule has 0 fully saturated rings. The van der Waals surface area contributed by atoms with Crippen molar-refractivity contribution in [2.45, 2.75) is 25.3 Å². The van der Waals surface area contributed by atoms with E-state index in [0.29, 0.717) is 0 Å². The fraction of sp³-hybridized carbons (Fsp3) is 0.385. The topological polar surface area (TPSA) is 56.7 Å². The van der Waals surface area contributed by atoms with Gasteiger partial charge in [-0.3, -0.25) is 4.68 Å². The van der Waals surface area contributed by atoms with E-state index in [9.17, 15) is 0 Å². The predicted octanol–water partition coefficient (Wildman–Crippen LogP) is 1.84. The number of rotatable bonds is 5. The van der Waals surface area contributed by atoms with Crippen LogP contribution in [0.2, 0.25) is 0 Å². The lowest BCUT2D eigenvalue weighted by Crippen LogP contribution is -2.11. The summed E-state index contributed by atoms with van der Waals surface area (Å²) in [5.74, 6) is 1.02. The van der Waals surface area contributed by atoms with Crippen LogP contribution in [0.5, 0.6) is 0 Å². The van der Waals surface area contributed by atoms with Gasteiger partial charge in [0.2, 0.25) is 0 Å². The standard InChI is InChI=1S/C13H18N4/c1-17-13(15-10-16-17)9-5-8-12(14)11-6-3-2-4-7-11/h2-4,6-7,10,12H,5,8-9,14H2,1H3. The summed E-state index contributed by atoms with van der Waals surface area (Å²) in [6, 6.07) is 10.3. The minimum Gasteiger partial charge on any atom is -0.324 e. The second-order valence-corrected chi connectivity index (χ2v) is 4.21. The third-order valence-electron chi connectivity index (χ3n) is 2.95. The second-order valence-electron chi connectivity index (χ2n) is 4.21. The van der Waals surface area contributed by atoms with Gasteiger partial charge >= 0.3 is 0 Å². The van der Waals surface area contributed by atoms with E-state index in [1.165, 1.54) is 5.56 Å². The SMILES string of the molecule is Cn1ncnc1CCCC(N)c1ccccc1. The third kappa shape index (κ3) is 3.14. The van der Waals surface area contributed by atoms with Gasteiger partial charge in [-0.2, -0.15) is 5.10 Å². The molecule has 2 aromatic rings. The Kier molecular flexibility index (Phi) is 3.88. The van der Waals surface area contributed by atoms with Crippen molar-refractivity contribution >= 4 is 0 Å². The van der Waals surface area contributed by atoms with E-state index in [2.05, 4.69) is 22.2 Å². The Labute approximate surface area is 101 Å². The van der Waals surface area contributed by atoms with E-state index in [1.807, 2.05) is 29.9 Å². The summed E-state index contributed by atoms with van der Waals surface area (Å²) in [6.45, 7) is 0. The lowest BCUT2D eigenvalue weighted by Gasteiger charge is -2.11. The maximum Gasteiger partial charge on any atom is 0.138 e. The van der Waals surface area contributed by atoms with Crippen LogP contribution in [-0.2, 0) is 13.5 Å². The molecule has 2 rings (SSSR count). The second kappa shape index (κ2) is 5.59. The Morgan fingerprint density at radius 2 is 2.06 bits per heavy atom. The summed E-state index contributed by atoms with van der Waals surface area (Å²) in [6.07, 6.45) is 4.52. The maximum absolute atomic E-state index is 6.13. The van der Waals surface area contributed by atoms with Gasteiger partial charge in [-0.15, -0.1) is 0 Å². The highest BCUT2D eigenvalue weighted by atomic mass is 15.3. The molecule has 0 amide bonds. The summed E-state index contributed by atoms with van der Waals surface area (Å²) in [5.41, 5.74) is 7.33. The average molecular weight is 230 g/mol. The van der Waals surface area contributed by atoms with Gasteiger partial charge in [-0.05, 0) is 18.4 Å². The molecule has 0 saturated carbocycles. The van der Waals surface area contributed by atoms with Gasteiger partial charge in [0.05, 0.1) is 0 Å². The quantitative estimate of drug-likeness (QED) is 0.852. The summed E-state index contributed by atoms with van der Waals surface area (Å²) in [4.78, 5) is 4.20. The minimum atomic E-state index is 0.115. The molecular weight excluding hydrogens is 212 g/mol. The van der Waals surface area contributed by atoms with Gasteiger partial charge in [-0.25, -0.2) is 4.98 Å². The van der Waals surface area contributed by atoms with Crippen LogP contribution in [0.3, 0.4) is 0 Å². The summed E-state index contributed by atoms with van der Waals surface area (Å²) in [7, 11) is 1.92. The molecule has 0 radical (unpaired) electrons. The van der Waals surface area contributed by atoms with Gasteiger partial charge < -0.3 is 5.73 Å². The fourth-order valence-corrected chi connectivity index (χ4v) is 1.89. The Balaban J connectivity index is 1.81. The van der Waals surface area contributed by atoms with E-state index in [4.69, 9.17) is 5.73 Å². The van der Waals surface area contributed by atoms with E-state index in [0.717, 1.165) is 25.1 Å². The maximum atomic E-state index is 6.13. The summed E-state index contributed by atoms with van der Waals surface area (Å²) < 4.78 is 1.81. The van der Waals surface area contributed by atoms with Crippen LogP contribution >= 0.6 is 0 Å². The molecule has 0 spiro atoms. The van der Waals surface area contributed by atoms with Crippen LogP contribution in [-0.4, -0.2) is 14.8 Å². The highest BCUT2D eigenvalue weighted by Crippen LogP contribution is 2.16. The number of aromatic nitrogens is 3. The average Bonchev–Trinajstić information content (AvgIpc) is 2.76. The van der Waals surface area contributed by atoms with E-state index < -0.39 is 0 Å². The van der Waals surface area contributed by atoms with Crippen LogP contribution in [0.4, 0.5) is 0 Å². The Morgan fingerprint density at radius 1 is 1.29 bits per heavy atom. The summed E-state index contributed by atoms with van der Waals surface area (Å²) >= 11 is 0. The number of hydrogen-bond acceptors (Lipinski definition) is 3. The third-order valence-corrected chi connectivity index (χ3v) is 2.95. The molecule has 4 nitrogen and oxygen atoms in total. The van der Waals surface area contributed by atoms with Crippen molar-refractivity contribution in [1.29, 1.82) is 0 Å². The molecule has 0 bridgehead atoms. The molecule has 1 aromatic heterocycles. The molecular formula is C13H18N4. The molecule has 2 N–H and O–H groups in total. The molecule has 1 heterocycles. The van der Waals surface area contributed by atoms with E-state index in [1.54, 1.807) is 6.33 Å². The van der Waals surface area contributed by atoms with Gasteiger partial charge in [0.15, 0.2) is 0 Å². The predicted molar refractivity (Wildman–Crippen MR) is 67.3 cm³/mol. The number of hydrogen-bond donors (Lipinski definition) is 1. The van der Waals surface area contributed by atoms with Crippen molar-refractivity contribution in [2.24, 2.45) is 12.8 Å². The van der Waals surface area contributed by atoms with Crippen LogP contribution in [0, 0.1) is 0 Å². The molecule has 1 atom stereocenters. The first-order chi connectivity index (χ1) is 8.27.